The minimum Gasteiger partial charge on any atom is -0.399 e. The Morgan fingerprint density at radius 3 is 2.33 bits per heavy atom. The van der Waals surface area contributed by atoms with Crippen molar-refractivity contribution in [3.05, 3.63) is 58.1 Å². The van der Waals surface area contributed by atoms with E-state index in [0.29, 0.717) is 6.07 Å². The van der Waals surface area contributed by atoms with Crippen molar-refractivity contribution in [2.45, 2.75) is 11.1 Å². The Labute approximate surface area is 134 Å². The smallest absolute Gasteiger partial charge is 0.399 e. The lowest BCUT2D eigenvalue weighted by Gasteiger charge is -2.15. The highest BCUT2D eigenvalue weighted by Gasteiger charge is 2.35. The summed E-state index contributed by atoms with van der Waals surface area (Å²) in [5.41, 5.74) is 2.24. The summed E-state index contributed by atoms with van der Waals surface area (Å²) >= 11 is 0. The number of para-hydroxylation sites is 1. The predicted octanol–water partition coefficient (Wildman–Crippen LogP) is 3.00. The van der Waals surface area contributed by atoms with Gasteiger partial charge in [0.15, 0.2) is 4.90 Å². The van der Waals surface area contributed by atoms with E-state index < -0.39 is 43.0 Å². The molecule has 2 aromatic carbocycles. The fourth-order valence-corrected chi connectivity index (χ4v) is 3.17. The Balaban J connectivity index is 2.54. The Morgan fingerprint density at radius 2 is 1.75 bits per heavy atom. The van der Waals surface area contributed by atoms with Gasteiger partial charge >= 0.3 is 6.18 Å². The average Bonchev–Trinajstić information content (AvgIpc) is 2.48. The van der Waals surface area contributed by atoms with E-state index in [1.165, 1.54) is 12.1 Å². The van der Waals surface area contributed by atoms with Crippen LogP contribution in [0.5, 0.6) is 0 Å². The largest absolute Gasteiger partial charge is 0.418 e. The van der Waals surface area contributed by atoms with E-state index in [-0.39, 0.29) is 5.69 Å². The van der Waals surface area contributed by atoms with E-state index in [1.54, 1.807) is 4.72 Å². The molecule has 0 saturated heterocycles. The van der Waals surface area contributed by atoms with Crippen LogP contribution < -0.4 is 10.5 Å². The molecule has 128 valence electrons. The molecule has 0 bridgehead atoms. The summed E-state index contributed by atoms with van der Waals surface area (Å²) in [6, 6.07) is 6.79. The second kappa shape index (κ2) is 6.00. The van der Waals surface area contributed by atoms with Crippen molar-refractivity contribution in [2.24, 2.45) is 0 Å². The van der Waals surface area contributed by atoms with Gasteiger partial charge in [-0.05, 0) is 24.3 Å². The van der Waals surface area contributed by atoms with Gasteiger partial charge in [0.05, 0.1) is 16.2 Å². The third-order valence-electron chi connectivity index (χ3n) is 2.94. The molecule has 0 heterocycles. The summed E-state index contributed by atoms with van der Waals surface area (Å²) in [6.45, 7) is 0. The predicted molar refractivity (Wildman–Crippen MR) is 79.8 cm³/mol. The summed E-state index contributed by atoms with van der Waals surface area (Å²) in [4.78, 5) is 9.22. The highest BCUT2D eigenvalue weighted by molar-refractivity contribution is 7.92. The molecule has 24 heavy (non-hydrogen) atoms. The number of nitrogens with one attached hydrogen (secondary N) is 1. The van der Waals surface area contributed by atoms with Crippen LogP contribution in [0.1, 0.15) is 5.56 Å². The van der Waals surface area contributed by atoms with Crippen LogP contribution in [0, 0.1) is 10.1 Å². The molecular weight excluding hydrogens is 351 g/mol. The third kappa shape index (κ3) is 3.56. The molecule has 2 rings (SSSR count). The average molecular weight is 361 g/mol. The van der Waals surface area contributed by atoms with Crippen molar-refractivity contribution in [1.29, 1.82) is 0 Å². The summed E-state index contributed by atoms with van der Waals surface area (Å²) in [6.07, 6.45) is -4.87. The molecule has 0 saturated carbocycles. The minimum atomic E-state index is -4.87. The van der Waals surface area contributed by atoms with Crippen LogP contribution in [0.4, 0.5) is 30.2 Å². The third-order valence-corrected chi connectivity index (χ3v) is 4.36. The first kappa shape index (κ1) is 17.5. The first-order valence-corrected chi connectivity index (χ1v) is 7.73. The number of hydrogen-bond donors (Lipinski definition) is 2. The molecule has 0 aliphatic rings. The van der Waals surface area contributed by atoms with Gasteiger partial charge in [0, 0.05) is 11.8 Å². The standard InChI is InChI=1S/C13H10F3N3O4S/c14-13(15,16)9-7-8(17)5-6-10(9)18-24(22,23)12-4-2-1-3-11(12)19(20)21/h1-7,18H,17H2. The van der Waals surface area contributed by atoms with Gasteiger partial charge in [-0.15, -0.1) is 0 Å². The second-order valence-electron chi connectivity index (χ2n) is 4.63. The second-order valence-corrected chi connectivity index (χ2v) is 6.28. The van der Waals surface area contributed by atoms with Crippen molar-refractivity contribution in [3.63, 3.8) is 0 Å². The normalized spacial score (nSPS) is 12.0. The van der Waals surface area contributed by atoms with Crippen LogP contribution in [0.2, 0.25) is 0 Å². The maximum Gasteiger partial charge on any atom is 0.418 e. The summed E-state index contributed by atoms with van der Waals surface area (Å²) in [5, 5.41) is 10.9. The Morgan fingerprint density at radius 1 is 1.12 bits per heavy atom. The summed E-state index contributed by atoms with van der Waals surface area (Å²) in [5.74, 6) is 0. The SMILES string of the molecule is Nc1ccc(NS(=O)(=O)c2ccccc2[N+](=O)[O-])c(C(F)(F)F)c1. The number of hydrogen-bond acceptors (Lipinski definition) is 5. The first-order valence-electron chi connectivity index (χ1n) is 6.25. The van der Waals surface area contributed by atoms with Crippen LogP contribution in [-0.2, 0) is 16.2 Å². The number of nitro benzene ring substituents is 1. The molecule has 0 aliphatic heterocycles. The number of halogens is 3. The quantitative estimate of drug-likeness (QED) is 0.493. The molecule has 0 unspecified atom stereocenters. The molecule has 0 amide bonds. The van der Waals surface area contributed by atoms with Crippen molar-refractivity contribution >= 4 is 27.1 Å². The van der Waals surface area contributed by atoms with E-state index in [1.807, 2.05) is 0 Å². The van der Waals surface area contributed by atoms with Gasteiger partial charge in [0.25, 0.3) is 15.7 Å². The Bertz CT molecular complexity index is 898. The molecule has 0 aromatic heterocycles. The topological polar surface area (TPSA) is 115 Å². The first-order chi connectivity index (χ1) is 11.0. The van der Waals surface area contributed by atoms with Gasteiger partial charge in [-0.1, -0.05) is 12.1 Å². The van der Waals surface area contributed by atoms with Crippen molar-refractivity contribution in [2.75, 3.05) is 10.5 Å². The number of anilines is 2. The van der Waals surface area contributed by atoms with Gasteiger partial charge in [-0.25, -0.2) is 8.42 Å². The molecular formula is C13H10F3N3O4S. The number of rotatable bonds is 4. The van der Waals surface area contributed by atoms with E-state index in [2.05, 4.69) is 0 Å². The van der Waals surface area contributed by atoms with Crippen LogP contribution in [0.25, 0.3) is 0 Å². The molecule has 0 aliphatic carbocycles. The number of alkyl halides is 3. The van der Waals surface area contributed by atoms with Crippen LogP contribution in [-0.4, -0.2) is 13.3 Å². The zero-order valence-corrected chi connectivity index (χ0v) is 12.6. The van der Waals surface area contributed by atoms with E-state index >= 15 is 0 Å². The highest BCUT2D eigenvalue weighted by Crippen LogP contribution is 2.37. The number of nitrogens with zero attached hydrogens (tertiary/aromatic N) is 1. The monoisotopic (exact) mass is 361 g/mol. The van der Waals surface area contributed by atoms with Gasteiger partial charge in [-0.3, -0.25) is 14.8 Å². The van der Waals surface area contributed by atoms with Gasteiger partial charge in [0.1, 0.15) is 0 Å². The van der Waals surface area contributed by atoms with Crippen LogP contribution in [0.3, 0.4) is 0 Å². The van der Waals surface area contributed by atoms with Crippen molar-refractivity contribution in [1.82, 2.24) is 0 Å². The lowest BCUT2D eigenvalue weighted by atomic mass is 10.1. The fraction of sp³-hybridized carbons (Fsp3) is 0.0769. The van der Waals surface area contributed by atoms with Crippen molar-refractivity contribution < 1.29 is 26.5 Å². The van der Waals surface area contributed by atoms with Gasteiger partial charge < -0.3 is 5.73 Å². The Kier molecular flexibility index (Phi) is 4.38. The van der Waals surface area contributed by atoms with Crippen LogP contribution in [0.15, 0.2) is 47.4 Å². The molecule has 11 heteroatoms. The maximum absolute atomic E-state index is 13.0. The van der Waals surface area contributed by atoms with E-state index in [9.17, 15) is 31.7 Å². The zero-order chi connectivity index (χ0) is 18.1. The lowest BCUT2D eigenvalue weighted by molar-refractivity contribution is -0.387. The Hall–Kier alpha value is -2.82. The molecule has 7 nitrogen and oxygen atoms in total. The van der Waals surface area contributed by atoms with E-state index in [4.69, 9.17) is 5.73 Å². The highest BCUT2D eigenvalue weighted by atomic mass is 32.2. The summed E-state index contributed by atoms with van der Waals surface area (Å²) in [7, 11) is -4.62. The fourth-order valence-electron chi connectivity index (χ4n) is 1.92. The number of benzene rings is 2. The minimum absolute atomic E-state index is 0.212. The number of nitrogen functional groups attached to an aromatic ring is 1. The maximum atomic E-state index is 13.0. The summed E-state index contributed by atoms with van der Waals surface area (Å²) < 4.78 is 65.3. The number of nitrogens with two attached hydrogens (primary N) is 1. The molecule has 0 radical (unpaired) electrons. The molecule has 0 fully saturated rings. The van der Waals surface area contributed by atoms with Gasteiger partial charge in [0.2, 0.25) is 0 Å². The van der Waals surface area contributed by atoms with Gasteiger partial charge in [-0.2, -0.15) is 13.2 Å². The van der Waals surface area contributed by atoms with Crippen molar-refractivity contribution in [3.8, 4) is 0 Å². The molecule has 0 atom stereocenters. The molecule has 2 aromatic rings. The molecule has 0 spiro atoms. The van der Waals surface area contributed by atoms with E-state index in [0.717, 1.165) is 24.3 Å². The number of sulfonamides is 1. The number of nitro groups is 1. The lowest BCUT2D eigenvalue weighted by Crippen LogP contribution is -2.18. The van der Waals surface area contributed by atoms with Crippen LogP contribution >= 0.6 is 0 Å². The zero-order valence-electron chi connectivity index (χ0n) is 11.7. The molecule has 3 N–H and O–H groups in total.